The van der Waals surface area contributed by atoms with Crippen molar-refractivity contribution in [2.24, 2.45) is 0 Å². The number of anilines is 3. The lowest BCUT2D eigenvalue weighted by Gasteiger charge is -2.30. The van der Waals surface area contributed by atoms with Crippen LogP contribution < -0.4 is 4.90 Å². The highest BCUT2D eigenvalue weighted by Gasteiger charge is 2.28. The third kappa shape index (κ3) is 7.88. The maximum atomic E-state index is 12.0. The van der Waals surface area contributed by atoms with Crippen LogP contribution >= 0.6 is 0 Å². The van der Waals surface area contributed by atoms with Crippen molar-refractivity contribution in [2.45, 2.75) is 78.6 Å². The van der Waals surface area contributed by atoms with Crippen LogP contribution in [0.1, 0.15) is 79.0 Å². The van der Waals surface area contributed by atoms with Gasteiger partial charge in [-0.05, 0) is 81.0 Å². The van der Waals surface area contributed by atoms with Crippen LogP contribution in [0.15, 0.2) is 152 Å². The molecular weight excluding hydrogens is 683 g/mol. The van der Waals surface area contributed by atoms with E-state index in [1.807, 2.05) is 18.3 Å². The number of rotatable bonds is 7. The van der Waals surface area contributed by atoms with E-state index in [0.717, 1.165) is 73.1 Å². The number of phenols is 1. The van der Waals surface area contributed by atoms with Crippen LogP contribution in [0.4, 0.5) is 17.2 Å². The summed E-state index contributed by atoms with van der Waals surface area (Å²) in [5.41, 5.74) is 12.4. The lowest BCUT2D eigenvalue weighted by atomic mass is 9.78. The van der Waals surface area contributed by atoms with Crippen LogP contribution in [0.3, 0.4) is 0 Å². The van der Waals surface area contributed by atoms with Gasteiger partial charge in [0.1, 0.15) is 11.6 Å². The molecule has 0 aliphatic rings. The van der Waals surface area contributed by atoms with Crippen molar-refractivity contribution in [1.29, 1.82) is 0 Å². The summed E-state index contributed by atoms with van der Waals surface area (Å²) in [5, 5.41) is 12.0. The molecule has 1 N–H and O–H groups in total. The quantitative estimate of drug-likeness (QED) is 0.177. The minimum atomic E-state index is -0.261. The van der Waals surface area contributed by atoms with Crippen molar-refractivity contribution in [3.05, 3.63) is 168 Å². The molecular formula is C52H53N3O. The molecule has 5 aromatic carbocycles. The minimum absolute atomic E-state index is 0.120. The third-order valence-electron chi connectivity index (χ3n) is 10.5. The molecule has 2 heterocycles. The molecule has 0 unspecified atom stereocenters. The fourth-order valence-electron chi connectivity index (χ4n) is 7.24. The highest BCUT2D eigenvalue weighted by molar-refractivity contribution is 5.97. The Hall–Kier alpha value is -6.00. The smallest absolute Gasteiger partial charge is 0.137 e. The molecule has 56 heavy (non-hydrogen) atoms. The summed E-state index contributed by atoms with van der Waals surface area (Å²) in [5.74, 6) is 1.09. The molecule has 282 valence electrons. The monoisotopic (exact) mass is 735 g/mol. The van der Waals surface area contributed by atoms with E-state index in [1.54, 1.807) is 0 Å². The SMILES string of the molecule is CC(C)(C)c1cc(-c2cccc(N(c3ccccn3)c3c(-c4ccccc4)cccc3-c3ccccc3)c2)nc(-c2cc(C(C)(C)C)cc(C(C)(C)C)c2O)c1. The number of nitrogens with zero attached hydrogens (tertiary/aromatic N) is 3. The van der Waals surface area contributed by atoms with Crippen LogP contribution in [0.5, 0.6) is 5.75 Å². The highest BCUT2D eigenvalue weighted by atomic mass is 16.3. The molecule has 0 spiro atoms. The zero-order chi connectivity index (χ0) is 39.8. The number of benzene rings is 5. The number of hydrogen-bond donors (Lipinski definition) is 1. The molecule has 2 aromatic heterocycles. The molecule has 0 atom stereocenters. The maximum absolute atomic E-state index is 12.0. The summed E-state index contributed by atoms with van der Waals surface area (Å²) in [7, 11) is 0. The molecule has 0 radical (unpaired) electrons. The van der Waals surface area contributed by atoms with Crippen LogP contribution in [0.2, 0.25) is 0 Å². The highest BCUT2D eigenvalue weighted by Crippen LogP contribution is 2.47. The van der Waals surface area contributed by atoms with Gasteiger partial charge < -0.3 is 5.11 Å². The fourth-order valence-corrected chi connectivity index (χ4v) is 7.24. The molecule has 0 aliphatic heterocycles. The van der Waals surface area contributed by atoms with Gasteiger partial charge in [-0.1, -0.05) is 165 Å². The Morgan fingerprint density at radius 2 is 1.00 bits per heavy atom. The predicted molar refractivity (Wildman–Crippen MR) is 236 cm³/mol. The minimum Gasteiger partial charge on any atom is -0.507 e. The number of hydrogen-bond acceptors (Lipinski definition) is 4. The van der Waals surface area contributed by atoms with Gasteiger partial charge in [-0.25, -0.2) is 9.97 Å². The second kappa shape index (κ2) is 14.9. The molecule has 0 saturated carbocycles. The van der Waals surface area contributed by atoms with E-state index in [2.05, 4.69) is 201 Å². The lowest BCUT2D eigenvalue weighted by molar-refractivity contribution is 0.446. The topological polar surface area (TPSA) is 49.2 Å². The molecule has 0 aliphatic carbocycles. The van der Waals surface area contributed by atoms with E-state index in [0.29, 0.717) is 0 Å². The molecule has 4 nitrogen and oxygen atoms in total. The molecule has 7 aromatic rings. The van der Waals surface area contributed by atoms with Gasteiger partial charge in [0.05, 0.1) is 17.1 Å². The number of para-hydroxylation sites is 1. The second-order valence-electron chi connectivity index (χ2n) is 17.8. The van der Waals surface area contributed by atoms with Crippen molar-refractivity contribution in [3.8, 4) is 50.5 Å². The van der Waals surface area contributed by atoms with Crippen LogP contribution in [-0.2, 0) is 16.2 Å². The predicted octanol–water partition coefficient (Wildman–Crippen LogP) is 14.2. The Labute approximate surface area is 333 Å². The van der Waals surface area contributed by atoms with Crippen LogP contribution in [0.25, 0.3) is 44.8 Å². The number of aromatic nitrogens is 2. The zero-order valence-electron chi connectivity index (χ0n) is 34.2. The van der Waals surface area contributed by atoms with Gasteiger partial charge in [-0.15, -0.1) is 0 Å². The lowest BCUT2D eigenvalue weighted by Crippen LogP contribution is -2.17. The second-order valence-corrected chi connectivity index (χ2v) is 17.8. The fraction of sp³-hybridized carbons (Fsp3) is 0.231. The Bertz CT molecular complexity index is 2410. The van der Waals surface area contributed by atoms with Gasteiger partial charge in [-0.3, -0.25) is 4.90 Å². The van der Waals surface area contributed by atoms with Gasteiger partial charge in [-0.2, -0.15) is 0 Å². The van der Waals surface area contributed by atoms with Gasteiger partial charge in [0.2, 0.25) is 0 Å². The normalized spacial score (nSPS) is 12.1. The van der Waals surface area contributed by atoms with Crippen molar-refractivity contribution < 1.29 is 5.11 Å². The van der Waals surface area contributed by atoms with Gasteiger partial charge >= 0.3 is 0 Å². The van der Waals surface area contributed by atoms with Crippen LogP contribution in [0, 0.1) is 0 Å². The summed E-state index contributed by atoms with van der Waals surface area (Å²) >= 11 is 0. The van der Waals surface area contributed by atoms with Crippen molar-refractivity contribution in [3.63, 3.8) is 0 Å². The summed E-state index contributed by atoms with van der Waals surface area (Å²) in [6, 6.07) is 51.0. The summed E-state index contributed by atoms with van der Waals surface area (Å²) in [6.45, 7) is 19.8. The van der Waals surface area contributed by atoms with Crippen molar-refractivity contribution in [1.82, 2.24) is 9.97 Å². The molecule has 0 bridgehead atoms. The Morgan fingerprint density at radius 1 is 0.464 bits per heavy atom. The molecule has 0 saturated heterocycles. The Kier molecular flexibility index (Phi) is 10.2. The van der Waals surface area contributed by atoms with E-state index in [-0.39, 0.29) is 22.0 Å². The van der Waals surface area contributed by atoms with E-state index in [9.17, 15) is 5.11 Å². The third-order valence-corrected chi connectivity index (χ3v) is 10.5. The first-order valence-corrected chi connectivity index (χ1v) is 19.6. The zero-order valence-corrected chi connectivity index (χ0v) is 34.2. The van der Waals surface area contributed by atoms with E-state index < -0.39 is 0 Å². The van der Waals surface area contributed by atoms with Crippen molar-refractivity contribution in [2.75, 3.05) is 4.90 Å². The van der Waals surface area contributed by atoms with E-state index >= 15 is 0 Å². The largest absolute Gasteiger partial charge is 0.507 e. The van der Waals surface area contributed by atoms with Crippen LogP contribution in [-0.4, -0.2) is 15.1 Å². The van der Waals surface area contributed by atoms with Gasteiger partial charge in [0.25, 0.3) is 0 Å². The standard InChI is InChI=1S/C52H53N3O/c1-50(2,3)38-31-43(49(56)44(32-38)52(7,8)9)46-34-39(51(4,5)6)33-45(54-46)37-24-18-25-40(30-37)55(47-28-16-17-29-53-47)48-41(35-20-12-10-13-21-35)26-19-27-42(48)36-22-14-11-15-23-36/h10-34,56H,1-9H3. The molecule has 0 amide bonds. The molecule has 4 heteroatoms. The number of phenolic OH excluding ortho intramolecular Hbond substituents is 1. The summed E-state index contributed by atoms with van der Waals surface area (Å²) in [4.78, 5) is 12.6. The molecule has 0 fully saturated rings. The first-order chi connectivity index (χ1) is 26.6. The van der Waals surface area contributed by atoms with Gasteiger partial charge in [0.15, 0.2) is 0 Å². The average Bonchev–Trinajstić information content (AvgIpc) is 3.18. The Balaban J connectivity index is 1.48. The number of pyridine rings is 2. The van der Waals surface area contributed by atoms with E-state index in [4.69, 9.17) is 9.97 Å². The van der Waals surface area contributed by atoms with E-state index in [1.165, 1.54) is 5.56 Å². The number of aromatic hydroxyl groups is 1. The summed E-state index contributed by atoms with van der Waals surface area (Å²) < 4.78 is 0. The maximum Gasteiger partial charge on any atom is 0.137 e. The first-order valence-electron chi connectivity index (χ1n) is 19.6. The first kappa shape index (κ1) is 38.3. The summed E-state index contributed by atoms with van der Waals surface area (Å²) in [6.07, 6.45) is 1.85. The van der Waals surface area contributed by atoms with Crippen molar-refractivity contribution >= 4 is 17.2 Å². The average molecular weight is 736 g/mol. The van der Waals surface area contributed by atoms with Gasteiger partial charge in [0, 0.05) is 39.7 Å². The Morgan fingerprint density at radius 3 is 1.55 bits per heavy atom. The molecule has 7 rings (SSSR count).